The van der Waals surface area contributed by atoms with Crippen LogP contribution in [0.2, 0.25) is 0 Å². The van der Waals surface area contributed by atoms with Crippen LogP contribution in [0.3, 0.4) is 0 Å². The van der Waals surface area contributed by atoms with Gasteiger partial charge in [0.2, 0.25) is 0 Å². The molecule has 4 nitrogen and oxygen atoms in total. The molecule has 0 saturated heterocycles. The highest BCUT2D eigenvalue weighted by Gasteiger charge is 2.15. The summed E-state index contributed by atoms with van der Waals surface area (Å²) in [6.45, 7) is 1.14. The molecule has 21 heavy (non-hydrogen) atoms. The van der Waals surface area contributed by atoms with E-state index < -0.39 is 0 Å². The molecule has 0 aliphatic rings. The first-order valence-electron chi connectivity index (χ1n) is 7.12. The maximum atomic E-state index is 5.82. The molecule has 1 aromatic carbocycles. The summed E-state index contributed by atoms with van der Waals surface area (Å²) in [6, 6.07) is 12.4. The molecule has 0 aliphatic heterocycles. The molecule has 1 aromatic heterocycles. The quantitative estimate of drug-likeness (QED) is 0.758. The summed E-state index contributed by atoms with van der Waals surface area (Å²) < 4.78 is 10.9. The van der Waals surface area contributed by atoms with Gasteiger partial charge in [0.15, 0.2) is 0 Å². The number of pyridine rings is 1. The Morgan fingerprint density at radius 2 is 2.00 bits per heavy atom. The van der Waals surface area contributed by atoms with Crippen LogP contribution in [-0.2, 0) is 11.2 Å². The van der Waals surface area contributed by atoms with Crippen LogP contribution < -0.4 is 10.1 Å². The SMILES string of the molecule is CNC(Cc1cccnc1)c1ccccc1OCCOC. The molecule has 0 aliphatic carbocycles. The molecule has 1 unspecified atom stereocenters. The highest BCUT2D eigenvalue weighted by molar-refractivity contribution is 5.37. The molecule has 112 valence electrons. The molecule has 0 bridgehead atoms. The Bertz CT molecular complexity index is 531. The van der Waals surface area contributed by atoms with E-state index in [4.69, 9.17) is 9.47 Å². The predicted octanol–water partition coefficient (Wildman–Crippen LogP) is 2.61. The number of hydrogen-bond acceptors (Lipinski definition) is 4. The third-order valence-corrected chi connectivity index (χ3v) is 3.35. The summed E-state index contributed by atoms with van der Waals surface area (Å²) in [5, 5.41) is 3.36. The van der Waals surface area contributed by atoms with Crippen molar-refractivity contribution in [1.29, 1.82) is 0 Å². The van der Waals surface area contributed by atoms with Gasteiger partial charge in [-0.25, -0.2) is 0 Å². The van der Waals surface area contributed by atoms with E-state index in [1.807, 2.05) is 37.5 Å². The van der Waals surface area contributed by atoms with Crippen molar-refractivity contribution in [3.05, 3.63) is 59.9 Å². The first-order valence-corrected chi connectivity index (χ1v) is 7.12. The van der Waals surface area contributed by atoms with Crippen LogP contribution in [-0.4, -0.2) is 32.4 Å². The van der Waals surface area contributed by atoms with Gasteiger partial charge in [0, 0.05) is 31.1 Å². The molecule has 1 atom stereocenters. The van der Waals surface area contributed by atoms with Gasteiger partial charge in [-0.05, 0) is 31.2 Å². The Labute approximate surface area is 126 Å². The van der Waals surface area contributed by atoms with Crippen molar-refractivity contribution < 1.29 is 9.47 Å². The zero-order valence-corrected chi connectivity index (χ0v) is 12.6. The number of methoxy groups -OCH3 is 1. The number of hydrogen-bond donors (Lipinski definition) is 1. The number of nitrogens with zero attached hydrogens (tertiary/aromatic N) is 1. The lowest BCUT2D eigenvalue weighted by Gasteiger charge is -2.20. The summed E-state index contributed by atoms with van der Waals surface area (Å²) in [7, 11) is 3.64. The number of benzene rings is 1. The molecule has 2 aromatic rings. The lowest BCUT2D eigenvalue weighted by atomic mass is 9.99. The average molecular weight is 286 g/mol. The third kappa shape index (κ3) is 4.55. The van der Waals surface area contributed by atoms with Gasteiger partial charge < -0.3 is 14.8 Å². The minimum Gasteiger partial charge on any atom is -0.491 e. The fraction of sp³-hybridized carbons (Fsp3) is 0.353. The maximum Gasteiger partial charge on any atom is 0.124 e. The summed E-state index contributed by atoms with van der Waals surface area (Å²) in [4.78, 5) is 4.17. The molecular weight excluding hydrogens is 264 g/mol. The lowest BCUT2D eigenvalue weighted by molar-refractivity contribution is 0.145. The lowest BCUT2D eigenvalue weighted by Crippen LogP contribution is -2.20. The minimum atomic E-state index is 0.188. The molecule has 2 rings (SSSR count). The molecule has 0 fully saturated rings. The van der Waals surface area contributed by atoms with E-state index in [0.717, 1.165) is 17.7 Å². The van der Waals surface area contributed by atoms with E-state index in [0.29, 0.717) is 13.2 Å². The Balaban J connectivity index is 2.13. The number of para-hydroxylation sites is 1. The number of aromatic nitrogens is 1. The van der Waals surface area contributed by atoms with Crippen LogP contribution in [0.25, 0.3) is 0 Å². The second kappa shape index (κ2) is 8.39. The van der Waals surface area contributed by atoms with Crippen LogP contribution >= 0.6 is 0 Å². The standard InChI is InChI=1S/C17H22N2O2/c1-18-16(12-14-6-5-9-19-13-14)15-7-3-4-8-17(15)21-11-10-20-2/h3-9,13,16,18H,10-12H2,1-2H3. The van der Waals surface area contributed by atoms with Gasteiger partial charge in [-0.1, -0.05) is 24.3 Å². The Morgan fingerprint density at radius 1 is 1.14 bits per heavy atom. The fourth-order valence-electron chi connectivity index (χ4n) is 2.26. The highest BCUT2D eigenvalue weighted by Crippen LogP contribution is 2.27. The van der Waals surface area contributed by atoms with Gasteiger partial charge in [-0.3, -0.25) is 4.98 Å². The normalized spacial score (nSPS) is 12.1. The Morgan fingerprint density at radius 3 is 2.71 bits per heavy atom. The summed E-state index contributed by atoms with van der Waals surface area (Å²) in [5.41, 5.74) is 2.35. The minimum absolute atomic E-state index is 0.188. The molecule has 1 N–H and O–H groups in total. The van der Waals surface area contributed by atoms with Gasteiger partial charge in [0.05, 0.1) is 6.61 Å². The molecule has 0 radical (unpaired) electrons. The van der Waals surface area contributed by atoms with Crippen LogP contribution in [0, 0.1) is 0 Å². The highest BCUT2D eigenvalue weighted by atomic mass is 16.5. The van der Waals surface area contributed by atoms with E-state index >= 15 is 0 Å². The zero-order valence-electron chi connectivity index (χ0n) is 12.6. The second-order valence-corrected chi connectivity index (χ2v) is 4.79. The molecule has 0 saturated carbocycles. The van der Waals surface area contributed by atoms with Gasteiger partial charge >= 0.3 is 0 Å². The van der Waals surface area contributed by atoms with Gasteiger partial charge in [-0.15, -0.1) is 0 Å². The van der Waals surface area contributed by atoms with Crippen LogP contribution in [0.5, 0.6) is 5.75 Å². The number of nitrogens with one attached hydrogen (secondary N) is 1. The monoisotopic (exact) mass is 286 g/mol. The summed E-state index contributed by atoms with van der Waals surface area (Å²) in [5.74, 6) is 0.901. The fourth-order valence-corrected chi connectivity index (χ4v) is 2.26. The van der Waals surface area contributed by atoms with E-state index in [-0.39, 0.29) is 6.04 Å². The molecular formula is C17H22N2O2. The second-order valence-electron chi connectivity index (χ2n) is 4.79. The van der Waals surface area contributed by atoms with Crippen molar-refractivity contribution in [2.45, 2.75) is 12.5 Å². The van der Waals surface area contributed by atoms with Gasteiger partial charge in [0.1, 0.15) is 12.4 Å². The smallest absolute Gasteiger partial charge is 0.124 e. The largest absolute Gasteiger partial charge is 0.491 e. The molecule has 0 spiro atoms. The number of likely N-dealkylation sites (N-methyl/N-ethyl adjacent to an activating group) is 1. The Kier molecular flexibility index (Phi) is 6.19. The average Bonchev–Trinajstić information content (AvgIpc) is 2.54. The van der Waals surface area contributed by atoms with Crippen LogP contribution in [0.1, 0.15) is 17.2 Å². The topological polar surface area (TPSA) is 43.4 Å². The van der Waals surface area contributed by atoms with E-state index in [9.17, 15) is 0 Å². The first kappa shape index (κ1) is 15.5. The van der Waals surface area contributed by atoms with E-state index in [1.165, 1.54) is 5.56 Å². The molecule has 1 heterocycles. The van der Waals surface area contributed by atoms with Gasteiger partial charge in [0.25, 0.3) is 0 Å². The first-order chi connectivity index (χ1) is 10.3. The van der Waals surface area contributed by atoms with Crippen molar-refractivity contribution in [2.24, 2.45) is 0 Å². The van der Waals surface area contributed by atoms with Crippen molar-refractivity contribution in [3.8, 4) is 5.75 Å². The van der Waals surface area contributed by atoms with Crippen LogP contribution in [0.15, 0.2) is 48.8 Å². The van der Waals surface area contributed by atoms with Gasteiger partial charge in [-0.2, -0.15) is 0 Å². The zero-order chi connectivity index (χ0) is 14.9. The van der Waals surface area contributed by atoms with E-state index in [1.54, 1.807) is 13.3 Å². The van der Waals surface area contributed by atoms with Crippen molar-refractivity contribution in [1.82, 2.24) is 10.3 Å². The Hall–Kier alpha value is -1.91. The summed E-state index contributed by atoms with van der Waals surface area (Å²) in [6.07, 6.45) is 4.56. The van der Waals surface area contributed by atoms with Crippen molar-refractivity contribution in [2.75, 3.05) is 27.4 Å². The third-order valence-electron chi connectivity index (χ3n) is 3.35. The number of ether oxygens (including phenoxy) is 2. The van der Waals surface area contributed by atoms with Crippen molar-refractivity contribution >= 4 is 0 Å². The summed E-state index contributed by atoms with van der Waals surface area (Å²) >= 11 is 0. The van der Waals surface area contributed by atoms with Crippen LogP contribution in [0.4, 0.5) is 0 Å². The maximum absolute atomic E-state index is 5.82. The molecule has 0 amide bonds. The predicted molar refractivity (Wildman–Crippen MR) is 83.6 cm³/mol. The number of rotatable bonds is 8. The molecule has 4 heteroatoms. The van der Waals surface area contributed by atoms with E-state index in [2.05, 4.69) is 22.4 Å². The van der Waals surface area contributed by atoms with Crippen molar-refractivity contribution in [3.63, 3.8) is 0 Å².